The fourth-order valence-electron chi connectivity index (χ4n) is 3.92. The Hall–Kier alpha value is -2.67. The molecule has 7 heteroatoms. The summed E-state index contributed by atoms with van der Waals surface area (Å²) in [6.07, 6.45) is 0. The number of halogens is 1. The summed E-state index contributed by atoms with van der Waals surface area (Å²) >= 11 is 7.43. The van der Waals surface area contributed by atoms with Gasteiger partial charge in [0.15, 0.2) is 5.72 Å². The molecule has 1 atom stereocenters. The second-order valence-electron chi connectivity index (χ2n) is 8.94. The number of fused-ring (bicyclic) bond motifs is 3. The van der Waals surface area contributed by atoms with Crippen LogP contribution < -0.4 is 10.7 Å². The minimum absolute atomic E-state index is 0.0930. The molecule has 2 N–H and O–H groups in total. The summed E-state index contributed by atoms with van der Waals surface area (Å²) in [6, 6.07) is 15.0. The van der Waals surface area contributed by atoms with Crippen molar-refractivity contribution in [3.63, 3.8) is 0 Å². The molecule has 1 aliphatic heterocycles. The van der Waals surface area contributed by atoms with Crippen LogP contribution in [-0.2, 0) is 6.54 Å². The van der Waals surface area contributed by atoms with Crippen LogP contribution >= 0.6 is 22.9 Å². The van der Waals surface area contributed by atoms with E-state index in [0.717, 1.165) is 16.8 Å². The van der Waals surface area contributed by atoms with Crippen molar-refractivity contribution >= 4 is 39.7 Å². The lowest BCUT2D eigenvalue weighted by Gasteiger charge is -2.36. The largest absolute Gasteiger partial charge is 0.369 e. The maximum Gasteiger partial charge on any atom is 0.201 e. The van der Waals surface area contributed by atoms with E-state index in [0.29, 0.717) is 33.3 Å². The third-order valence-corrected chi connectivity index (χ3v) is 7.10. The summed E-state index contributed by atoms with van der Waals surface area (Å²) in [7, 11) is 0. The van der Waals surface area contributed by atoms with Gasteiger partial charge in [0.05, 0.1) is 23.3 Å². The minimum Gasteiger partial charge on any atom is -0.369 e. The molecule has 2 aromatic carbocycles. The standard InChI is InChI=1S/C24H22ClN3O2S/c1-23(2,3)24(30)13-28-18-7-5-4-6-16(18)20(29)19(21(28)27-24)22-26-17(12-31-22)14-8-10-15(25)11-9-14/h4-12,27,30H,13H2,1-3H3/t24-/m0/s1. The number of hydrogen-bond acceptors (Lipinski definition) is 5. The minimum atomic E-state index is -1.19. The van der Waals surface area contributed by atoms with Crippen molar-refractivity contribution in [2.45, 2.75) is 33.0 Å². The van der Waals surface area contributed by atoms with Gasteiger partial charge in [-0.25, -0.2) is 4.98 Å². The zero-order chi connectivity index (χ0) is 22.0. The Balaban J connectivity index is 1.73. The highest BCUT2D eigenvalue weighted by molar-refractivity contribution is 7.13. The summed E-state index contributed by atoms with van der Waals surface area (Å²) < 4.78 is 2.00. The summed E-state index contributed by atoms with van der Waals surface area (Å²) in [4.78, 5) is 18.3. The van der Waals surface area contributed by atoms with Gasteiger partial charge in [0.2, 0.25) is 5.43 Å². The van der Waals surface area contributed by atoms with E-state index < -0.39 is 11.1 Å². The maximum atomic E-state index is 13.6. The van der Waals surface area contributed by atoms with Gasteiger partial charge in [0, 0.05) is 26.8 Å². The molecule has 0 saturated carbocycles. The first kappa shape index (κ1) is 20.2. The second-order valence-corrected chi connectivity index (χ2v) is 10.2. The van der Waals surface area contributed by atoms with E-state index in [1.165, 1.54) is 11.3 Å². The molecule has 1 aliphatic rings. The number of aliphatic hydroxyl groups is 1. The van der Waals surface area contributed by atoms with E-state index in [2.05, 4.69) is 5.32 Å². The Morgan fingerprint density at radius 1 is 1.16 bits per heavy atom. The van der Waals surface area contributed by atoms with Gasteiger partial charge in [-0.3, -0.25) is 4.79 Å². The van der Waals surface area contributed by atoms with Crippen LogP contribution in [0.15, 0.2) is 58.7 Å². The Morgan fingerprint density at radius 3 is 2.58 bits per heavy atom. The predicted octanol–water partition coefficient (Wildman–Crippen LogP) is 5.61. The molecule has 0 spiro atoms. The van der Waals surface area contributed by atoms with Crippen LogP contribution in [0.3, 0.4) is 0 Å². The molecule has 0 amide bonds. The Bertz CT molecular complexity index is 1370. The van der Waals surface area contributed by atoms with E-state index in [4.69, 9.17) is 16.6 Å². The number of nitrogens with zero attached hydrogens (tertiary/aromatic N) is 2. The second kappa shape index (κ2) is 6.92. The van der Waals surface area contributed by atoms with Crippen molar-refractivity contribution in [3.05, 3.63) is 69.2 Å². The monoisotopic (exact) mass is 451 g/mol. The normalized spacial score (nSPS) is 18.2. The SMILES string of the molecule is CC(C)(C)[C@@]1(O)Cn2c(c(-c3nc(-c4ccc(Cl)cc4)cs3)c(=O)c3ccccc32)N1. The van der Waals surface area contributed by atoms with Crippen molar-refractivity contribution in [2.24, 2.45) is 5.41 Å². The third-order valence-electron chi connectivity index (χ3n) is 5.98. The highest BCUT2D eigenvalue weighted by Crippen LogP contribution is 2.43. The van der Waals surface area contributed by atoms with Gasteiger partial charge >= 0.3 is 0 Å². The van der Waals surface area contributed by atoms with Gasteiger partial charge in [-0.05, 0) is 24.3 Å². The van der Waals surface area contributed by atoms with Crippen molar-refractivity contribution in [3.8, 4) is 21.8 Å². The predicted molar refractivity (Wildman–Crippen MR) is 128 cm³/mol. The quantitative estimate of drug-likeness (QED) is 0.416. The zero-order valence-electron chi connectivity index (χ0n) is 17.4. The number of thiazole rings is 1. The Kier molecular flexibility index (Phi) is 4.52. The molecule has 5 nitrogen and oxygen atoms in total. The van der Waals surface area contributed by atoms with Gasteiger partial charge in [-0.2, -0.15) is 0 Å². The number of para-hydroxylation sites is 1. The van der Waals surface area contributed by atoms with Crippen molar-refractivity contribution in [1.82, 2.24) is 9.55 Å². The number of pyridine rings is 1. The van der Waals surface area contributed by atoms with Gasteiger partial charge in [-0.15, -0.1) is 11.3 Å². The van der Waals surface area contributed by atoms with Crippen LogP contribution in [0.25, 0.3) is 32.7 Å². The first-order chi connectivity index (χ1) is 14.7. The molecule has 158 valence electrons. The fourth-order valence-corrected chi connectivity index (χ4v) is 4.92. The van der Waals surface area contributed by atoms with E-state index in [1.807, 2.05) is 79.2 Å². The van der Waals surface area contributed by atoms with Crippen LogP contribution in [0.5, 0.6) is 0 Å². The van der Waals surface area contributed by atoms with Gasteiger partial charge < -0.3 is 15.0 Å². The van der Waals surface area contributed by atoms with E-state index in [-0.39, 0.29) is 5.43 Å². The average molecular weight is 452 g/mol. The van der Waals surface area contributed by atoms with E-state index >= 15 is 0 Å². The number of aromatic nitrogens is 2. The van der Waals surface area contributed by atoms with Crippen LogP contribution in [0, 0.1) is 5.41 Å². The molecule has 0 radical (unpaired) electrons. The fraction of sp³-hybridized carbons (Fsp3) is 0.250. The molecule has 3 heterocycles. The first-order valence-corrected chi connectivity index (χ1v) is 11.3. The highest BCUT2D eigenvalue weighted by Gasteiger charge is 2.46. The molecule has 0 bridgehead atoms. The molecule has 0 fully saturated rings. The average Bonchev–Trinajstić information content (AvgIpc) is 3.34. The zero-order valence-corrected chi connectivity index (χ0v) is 19.0. The molecular formula is C24H22ClN3O2S. The maximum absolute atomic E-state index is 13.6. The topological polar surface area (TPSA) is 67.1 Å². The summed E-state index contributed by atoms with van der Waals surface area (Å²) in [5.41, 5.74) is 1.27. The van der Waals surface area contributed by atoms with Crippen LogP contribution in [0.1, 0.15) is 20.8 Å². The molecule has 5 rings (SSSR count). The molecule has 2 aromatic heterocycles. The smallest absolute Gasteiger partial charge is 0.201 e. The Morgan fingerprint density at radius 2 is 1.87 bits per heavy atom. The lowest BCUT2D eigenvalue weighted by atomic mass is 9.83. The summed E-state index contributed by atoms with van der Waals surface area (Å²) in [5.74, 6) is 0.609. The number of anilines is 1. The van der Waals surface area contributed by atoms with Crippen molar-refractivity contribution < 1.29 is 5.11 Å². The summed E-state index contributed by atoms with van der Waals surface area (Å²) in [6.45, 7) is 6.28. The van der Waals surface area contributed by atoms with E-state index in [1.54, 1.807) is 0 Å². The van der Waals surface area contributed by atoms with Crippen molar-refractivity contribution in [2.75, 3.05) is 5.32 Å². The molecule has 31 heavy (non-hydrogen) atoms. The number of nitrogens with one attached hydrogen (secondary N) is 1. The number of hydrogen-bond donors (Lipinski definition) is 2. The molecule has 4 aromatic rings. The molecule has 0 unspecified atom stereocenters. The van der Waals surface area contributed by atoms with Gasteiger partial charge in [0.25, 0.3) is 0 Å². The van der Waals surface area contributed by atoms with Crippen LogP contribution in [0.4, 0.5) is 5.82 Å². The van der Waals surface area contributed by atoms with Crippen LogP contribution in [-0.4, -0.2) is 20.4 Å². The number of rotatable bonds is 2. The molecule has 0 saturated heterocycles. The van der Waals surface area contributed by atoms with Gasteiger partial charge in [0.1, 0.15) is 10.8 Å². The molecule has 0 aliphatic carbocycles. The van der Waals surface area contributed by atoms with Crippen molar-refractivity contribution in [1.29, 1.82) is 0 Å². The lowest BCUT2D eigenvalue weighted by Crippen LogP contribution is -2.48. The van der Waals surface area contributed by atoms with Gasteiger partial charge in [-0.1, -0.05) is 56.6 Å². The first-order valence-electron chi connectivity index (χ1n) is 10.1. The lowest BCUT2D eigenvalue weighted by molar-refractivity contribution is -0.0343. The summed E-state index contributed by atoms with van der Waals surface area (Å²) in [5, 5.41) is 18.5. The van der Waals surface area contributed by atoms with Crippen LogP contribution in [0.2, 0.25) is 5.02 Å². The third kappa shape index (κ3) is 3.17. The highest BCUT2D eigenvalue weighted by atomic mass is 35.5. The van der Waals surface area contributed by atoms with E-state index in [9.17, 15) is 9.90 Å². The Labute approximate surface area is 189 Å². The molecular weight excluding hydrogens is 430 g/mol. The number of benzene rings is 2.